The number of nitrogens with zero attached hydrogens (tertiary/aromatic N) is 1. The van der Waals surface area contributed by atoms with Crippen LogP contribution in [0.15, 0.2) is 78.9 Å². The SMILES string of the molecule is c1ccc(CN2CCOC(CC3c4ccccc4Oc4ccccc43)C2)cc1. The van der Waals surface area contributed by atoms with Gasteiger partial charge in [-0.2, -0.15) is 0 Å². The molecule has 0 amide bonds. The van der Waals surface area contributed by atoms with E-state index in [2.05, 4.69) is 71.6 Å². The molecule has 3 heteroatoms. The average molecular weight is 371 g/mol. The lowest BCUT2D eigenvalue weighted by Crippen LogP contribution is -2.42. The molecule has 1 unspecified atom stereocenters. The van der Waals surface area contributed by atoms with E-state index in [0.29, 0.717) is 5.92 Å². The number of benzene rings is 3. The summed E-state index contributed by atoms with van der Waals surface area (Å²) < 4.78 is 12.3. The van der Waals surface area contributed by atoms with Gasteiger partial charge >= 0.3 is 0 Å². The van der Waals surface area contributed by atoms with Crippen molar-refractivity contribution >= 4 is 0 Å². The molecule has 0 saturated carbocycles. The Labute approximate surface area is 166 Å². The van der Waals surface area contributed by atoms with Gasteiger partial charge in [-0.05, 0) is 24.1 Å². The number of rotatable bonds is 4. The van der Waals surface area contributed by atoms with E-state index in [0.717, 1.165) is 44.2 Å². The molecular weight excluding hydrogens is 346 g/mol. The molecule has 0 radical (unpaired) electrons. The lowest BCUT2D eigenvalue weighted by Gasteiger charge is -2.36. The first-order valence-electron chi connectivity index (χ1n) is 10.1. The maximum atomic E-state index is 6.20. The molecule has 3 aromatic rings. The normalized spacial score (nSPS) is 19.5. The summed E-state index contributed by atoms with van der Waals surface area (Å²) in [7, 11) is 0. The van der Waals surface area contributed by atoms with Crippen LogP contribution in [0.2, 0.25) is 0 Å². The smallest absolute Gasteiger partial charge is 0.131 e. The van der Waals surface area contributed by atoms with Crippen molar-refractivity contribution in [1.29, 1.82) is 0 Å². The molecule has 1 fully saturated rings. The zero-order chi connectivity index (χ0) is 18.8. The zero-order valence-corrected chi connectivity index (χ0v) is 16.0. The standard InChI is InChI=1S/C25H25NO2/c1-2-8-19(9-3-1)17-26-14-15-27-20(18-26)16-23-21-10-4-6-12-24(21)28-25-13-7-5-11-22(23)25/h1-13,20,23H,14-18H2. The molecule has 0 N–H and O–H groups in total. The first-order chi connectivity index (χ1) is 13.9. The summed E-state index contributed by atoms with van der Waals surface area (Å²) >= 11 is 0. The predicted octanol–water partition coefficient (Wildman–Crippen LogP) is 5.22. The fraction of sp³-hybridized carbons (Fsp3) is 0.280. The number of para-hydroxylation sites is 2. The minimum Gasteiger partial charge on any atom is -0.457 e. The Morgan fingerprint density at radius 1 is 0.786 bits per heavy atom. The number of hydrogen-bond acceptors (Lipinski definition) is 3. The van der Waals surface area contributed by atoms with Crippen LogP contribution in [0.5, 0.6) is 11.5 Å². The van der Waals surface area contributed by atoms with Gasteiger partial charge in [0, 0.05) is 36.7 Å². The van der Waals surface area contributed by atoms with E-state index < -0.39 is 0 Å². The molecule has 2 aliphatic heterocycles. The third-order valence-electron chi connectivity index (χ3n) is 5.78. The van der Waals surface area contributed by atoms with E-state index in [-0.39, 0.29) is 6.10 Å². The summed E-state index contributed by atoms with van der Waals surface area (Å²) in [6.45, 7) is 3.74. The molecule has 1 atom stereocenters. The van der Waals surface area contributed by atoms with E-state index in [9.17, 15) is 0 Å². The molecule has 5 rings (SSSR count). The maximum absolute atomic E-state index is 6.20. The van der Waals surface area contributed by atoms with Crippen molar-refractivity contribution in [3.63, 3.8) is 0 Å². The van der Waals surface area contributed by atoms with Crippen LogP contribution in [0.4, 0.5) is 0 Å². The molecule has 0 aromatic heterocycles. The number of hydrogen-bond donors (Lipinski definition) is 0. The third kappa shape index (κ3) is 3.56. The number of fused-ring (bicyclic) bond motifs is 2. The fourth-order valence-electron chi connectivity index (χ4n) is 4.43. The van der Waals surface area contributed by atoms with Gasteiger partial charge in [-0.3, -0.25) is 4.90 Å². The summed E-state index contributed by atoms with van der Waals surface area (Å²) in [5.74, 6) is 2.26. The summed E-state index contributed by atoms with van der Waals surface area (Å²) in [4.78, 5) is 2.51. The van der Waals surface area contributed by atoms with Crippen LogP contribution >= 0.6 is 0 Å². The van der Waals surface area contributed by atoms with Gasteiger partial charge in [-0.1, -0.05) is 66.7 Å². The van der Waals surface area contributed by atoms with Crippen LogP contribution in [0.3, 0.4) is 0 Å². The van der Waals surface area contributed by atoms with E-state index in [1.54, 1.807) is 0 Å². The lowest BCUT2D eigenvalue weighted by molar-refractivity contribution is -0.0367. The Morgan fingerprint density at radius 2 is 1.43 bits per heavy atom. The minimum absolute atomic E-state index is 0.224. The molecule has 2 heterocycles. The van der Waals surface area contributed by atoms with Crippen LogP contribution in [0.1, 0.15) is 29.0 Å². The van der Waals surface area contributed by atoms with Crippen molar-refractivity contribution in [3.8, 4) is 11.5 Å². The minimum atomic E-state index is 0.224. The molecule has 0 aliphatic carbocycles. The molecule has 0 bridgehead atoms. The van der Waals surface area contributed by atoms with Gasteiger partial charge in [0.05, 0.1) is 12.7 Å². The highest BCUT2D eigenvalue weighted by molar-refractivity contribution is 5.53. The van der Waals surface area contributed by atoms with E-state index in [1.807, 2.05) is 12.1 Å². The summed E-state index contributed by atoms with van der Waals surface area (Å²) in [6, 6.07) is 27.5. The Hall–Kier alpha value is -2.62. The number of ether oxygens (including phenoxy) is 2. The van der Waals surface area contributed by atoms with Gasteiger partial charge in [-0.15, -0.1) is 0 Å². The Bertz CT molecular complexity index is 895. The Balaban J connectivity index is 1.36. The summed E-state index contributed by atoms with van der Waals surface area (Å²) in [5, 5.41) is 0. The van der Waals surface area contributed by atoms with Gasteiger partial charge in [0.15, 0.2) is 0 Å². The van der Waals surface area contributed by atoms with Crippen molar-refractivity contribution in [1.82, 2.24) is 4.90 Å². The quantitative estimate of drug-likeness (QED) is 0.628. The Morgan fingerprint density at radius 3 is 2.14 bits per heavy atom. The van der Waals surface area contributed by atoms with Crippen molar-refractivity contribution in [2.45, 2.75) is 25.0 Å². The molecule has 3 nitrogen and oxygen atoms in total. The fourth-order valence-corrected chi connectivity index (χ4v) is 4.43. The second-order valence-corrected chi connectivity index (χ2v) is 7.68. The van der Waals surface area contributed by atoms with Gasteiger partial charge in [0.1, 0.15) is 11.5 Å². The molecule has 142 valence electrons. The summed E-state index contributed by atoms with van der Waals surface area (Å²) in [6.07, 6.45) is 1.20. The van der Waals surface area contributed by atoms with Gasteiger partial charge < -0.3 is 9.47 Å². The first kappa shape index (κ1) is 17.5. The van der Waals surface area contributed by atoms with Gasteiger partial charge in [0.25, 0.3) is 0 Å². The number of morpholine rings is 1. The molecular formula is C25H25NO2. The highest BCUT2D eigenvalue weighted by atomic mass is 16.5. The van der Waals surface area contributed by atoms with Crippen LogP contribution in [0.25, 0.3) is 0 Å². The molecule has 1 saturated heterocycles. The molecule has 2 aliphatic rings. The highest BCUT2D eigenvalue weighted by Crippen LogP contribution is 2.46. The van der Waals surface area contributed by atoms with E-state index in [1.165, 1.54) is 16.7 Å². The maximum Gasteiger partial charge on any atom is 0.131 e. The molecule has 3 aromatic carbocycles. The second-order valence-electron chi connectivity index (χ2n) is 7.68. The predicted molar refractivity (Wildman–Crippen MR) is 111 cm³/mol. The van der Waals surface area contributed by atoms with Crippen LogP contribution in [-0.4, -0.2) is 30.7 Å². The first-order valence-corrected chi connectivity index (χ1v) is 10.1. The monoisotopic (exact) mass is 371 g/mol. The molecule has 28 heavy (non-hydrogen) atoms. The van der Waals surface area contributed by atoms with Gasteiger partial charge in [-0.25, -0.2) is 0 Å². The van der Waals surface area contributed by atoms with Crippen LogP contribution in [0, 0.1) is 0 Å². The largest absolute Gasteiger partial charge is 0.457 e. The van der Waals surface area contributed by atoms with Gasteiger partial charge in [0.2, 0.25) is 0 Å². The highest BCUT2D eigenvalue weighted by Gasteiger charge is 2.31. The average Bonchev–Trinajstić information content (AvgIpc) is 2.75. The van der Waals surface area contributed by atoms with Crippen LogP contribution in [-0.2, 0) is 11.3 Å². The van der Waals surface area contributed by atoms with Crippen molar-refractivity contribution < 1.29 is 9.47 Å². The molecule has 0 spiro atoms. The zero-order valence-electron chi connectivity index (χ0n) is 16.0. The Kier molecular flexibility index (Phi) is 4.86. The van der Waals surface area contributed by atoms with E-state index in [4.69, 9.17) is 9.47 Å². The van der Waals surface area contributed by atoms with Crippen molar-refractivity contribution in [2.24, 2.45) is 0 Å². The van der Waals surface area contributed by atoms with Crippen LogP contribution < -0.4 is 4.74 Å². The topological polar surface area (TPSA) is 21.7 Å². The summed E-state index contributed by atoms with van der Waals surface area (Å²) in [5.41, 5.74) is 3.90. The second kappa shape index (κ2) is 7.78. The van der Waals surface area contributed by atoms with Crippen molar-refractivity contribution in [3.05, 3.63) is 95.6 Å². The lowest BCUT2D eigenvalue weighted by atomic mass is 9.83. The van der Waals surface area contributed by atoms with E-state index >= 15 is 0 Å². The van der Waals surface area contributed by atoms with Crippen molar-refractivity contribution in [2.75, 3.05) is 19.7 Å². The third-order valence-corrected chi connectivity index (χ3v) is 5.78.